The van der Waals surface area contributed by atoms with Crippen LogP contribution in [0.4, 0.5) is 0 Å². The second-order valence-corrected chi connectivity index (χ2v) is 8.73. The molecule has 0 unspecified atom stereocenters. The molecular weight excluding hydrogens is 379 g/mol. The lowest BCUT2D eigenvalue weighted by Gasteiger charge is -2.35. The van der Waals surface area contributed by atoms with Crippen molar-refractivity contribution in [1.29, 1.82) is 0 Å². The summed E-state index contributed by atoms with van der Waals surface area (Å²) in [6.45, 7) is 3.17. The number of aliphatic hydroxyl groups is 1. The predicted octanol–water partition coefficient (Wildman–Crippen LogP) is 5.25. The van der Waals surface area contributed by atoms with Gasteiger partial charge in [-0.2, -0.15) is 0 Å². The average molecular weight is 405 g/mol. The van der Waals surface area contributed by atoms with E-state index in [0.29, 0.717) is 11.8 Å². The Morgan fingerprint density at radius 2 is 1.78 bits per heavy atom. The molecule has 4 rings (SSSR count). The van der Waals surface area contributed by atoms with E-state index in [1.165, 1.54) is 5.56 Å². The number of piperidine rings is 1. The Morgan fingerprint density at radius 3 is 2.52 bits per heavy atom. The molecule has 0 spiro atoms. The molecule has 0 radical (unpaired) electrons. The van der Waals surface area contributed by atoms with E-state index in [1.807, 2.05) is 24.3 Å². The van der Waals surface area contributed by atoms with E-state index in [0.717, 1.165) is 73.0 Å². The van der Waals surface area contributed by atoms with Gasteiger partial charge in [0.15, 0.2) is 0 Å². The van der Waals surface area contributed by atoms with Gasteiger partial charge in [0.05, 0.1) is 11.8 Å². The topological polar surface area (TPSA) is 36.4 Å². The van der Waals surface area contributed by atoms with E-state index < -0.39 is 6.10 Å². The largest absolute Gasteiger partial charge is 0.387 e. The lowest BCUT2D eigenvalue weighted by atomic mass is 9.88. The first-order valence-electron chi connectivity index (χ1n) is 9.90. The Hall–Kier alpha value is -1.13. The molecule has 2 heterocycles. The van der Waals surface area contributed by atoms with E-state index in [-0.39, 0.29) is 0 Å². The van der Waals surface area contributed by atoms with E-state index in [1.54, 1.807) is 6.20 Å². The van der Waals surface area contributed by atoms with Crippen LogP contribution in [0.1, 0.15) is 54.5 Å². The van der Waals surface area contributed by atoms with E-state index in [4.69, 9.17) is 23.2 Å². The molecule has 2 aromatic rings. The van der Waals surface area contributed by atoms with Gasteiger partial charge in [-0.1, -0.05) is 35.3 Å². The summed E-state index contributed by atoms with van der Waals surface area (Å²) in [5.41, 5.74) is 3.21. The van der Waals surface area contributed by atoms with Crippen LogP contribution in [0.15, 0.2) is 36.5 Å². The van der Waals surface area contributed by atoms with Crippen molar-refractivity contribution < 1.29 is 5.11 Å². The maximum absolute atomic E-state index is 10.6. The highest BCUT2D eigenvalue weighted by Gasteiger charge is 2.28. The molecule has 0 bridgehead atoms. The number of hydrogen-bond donors (Lipinski definition) is 1. The molecule has 2 atom stereocenters. The summed E-state index contributed by atoms with van der Waals surface area (Å²) in [5, 5.41) is 12.2. The Bertz CT molecular complexity index is 769. The first-order chi connectivity index (χ1) is 13.1. The number of halogens is 2. The third kappa shape index (κ3) is 4.32. The van der Waals surface area contributed by atoms with Crippen LogP contribution in [0, 0.1) is 5.92 Å². The Labute approximate surface area is 171 Å². The molecule has 2 aliphatic rings. The van der Waals surface area contributed by atoms with Gasteiger partial charge in [0.2, 0.25) is 0 Å². The van der Waals surface area contributed by atoms with Crippen LogP contribution in [0.2, 0.25) is 10.0 Å². The zero-order chi connectivity index (χ0) is 18.8. The highest BCUT2D eigenvalue weighted by atomic mass is 35.5. The number of benzene rings is 1. The first-order valence-corrected chi connectivity index (χ1v) is 10.7. The van der Waals surface area contributed by atoms with Gasteiger partial charge in [0, 0.05) is 22.8 Å². The van der Waals surface area contributed by atoms with Crippen LogP contribution in [-0.4, -0.2) is 34.6 Å². The molecule has 3 nitrogen and oxygen atoms in total. The van der Waals surface area contributed by atoms with Gasteiger partial charge in [0.1, 0.15) is 0 Å². The number of aromatic nitrogens is 1. The molecule has 1 aromatic carbocycles. The minimum atomic E-state index is -0.437. The van der Waals surface area contributed by atoms with Crippen LogP contribution >= 0.6 is 23.2 Å². The molecular formula is C22H26Cl2N2O. The van der Waals surface area contributed by atoms with Crippen LogP contribution < -0.4 is 0 Å². The summed E-state index contributed by atoms with van der Waals surface area (Å²) in [5.74, 6) is 0.949. The van der Waals surface area contributed by atoms with E-state index >= 15 is 0 Å². The number of rotatable bonds is 3. The zero-order valence-corrected chi connectivity index (χ0v) is 17.0. The smallest absolute Gasteiger partial charge is 0.0965 e. The van der Waals surface area contributed by atoms with Crippen molar-refractivity contribution in [2.24, 2.45) is 5.92 Å². The molecule has 1 aliphatic carbocycles. The lowest BCUT2D eigenvalue weighted by molar-refractivity contribution is 0.114. The number of aliphatic hydroxyl groups excluding tert-OH is 1. The van der Waals surface area contributed by atoms with Crippen molar-refractivity contribution in [2.45, 2.75) is 44.1 Å². The van der Waals surface area contributed by atoms with Gasteiger partial charge in [-0.3, -0.25) is 4.98 Å². The summed E-state index contributed by atoms with van der Waals surface area (Å²) in [6.07, 6.45) is 6.45. The van der Waals surface area contributed by atoms with E-state index in [2.05, 4.69) is 16.0 Å². The highest BCUT2D eigenvalue weighted by Crippen LogP contribution is 2.38. The summed E-state index contributed by atoms with van der Waals surface area (Å²) >= 11 is 12.8. The fraction of sp³-hybridized carbons (Fsp3) is 0.500. The number of nitrogens with zero attached hydrogens (tertiary/aromatic N) is 2. The Morgan fingerprint density at radius 1 is 1.04 bits per heavy atom. The number of pyridine rings is 1. The summed E-state index contributed by atoms with van der Waals surface area (Å²) in [4.78, 5) is 6.96. The number of hydrogen-bond acceptors (Lipinski definition) is 3. The number of likely N-dealkylation sites (tertiary alicyclic amines) is 1. The van der Waals surface area contributed by atoms with Crippen molar-refractivity contribution in [3.8, 4) is 0 Å². The molecule has 1 aliphatic heterocycles. The maximum atomic E-state index is 10.6. The molecule has 27 heavy (non-hydrogen) atoms. The van der Waals surface area contributed by atoms with Crippen LogP contribution in [0.3, 0.4) is 0 Å². The molecule has 0 amide bonds. The fourth-order valence-corrected chi connectivity index (χ4v) is 5.41. The minimum absolute atomic E-state index is 0.437. The minimum Gasteiger partial charge on any atom is -0.387 e. The molecule has 1 aromatic heterocycles. The molecule has 0 saturated carbocycles. The second kappa shape index (κ2) is 8.48. The highest BCUT2D eigenvalue weighted by molar-refractivity contribution is 6.36. The van der Waals surface area contributed by atoms with Gasteiger partial charge in [-0.05, 0) is 86.4 Å². The monoisotopic (exact) mass is 404 g/mol. The zero-order valence-electron chi connectivity index (χ0n) is 15.5. The van der Waals surface area contributed by atoms with E-state index in [9.17, 15) is 5.11 Å². The summed E-state index contributed by atoms with van der Waals surface area (Å²) in [6, 6.07) is 9.86. The van der Waals surface area contributed by atoms with Crippen molar-refractivity contribution in [3.63, 3.8) is 0 Å². The van der Waals surface area contributed by atoms with Crippen molar-refractivity contribution >= 4 is 23.2 Å². The third-order valence-electron chi connectivity index (χ3n) is 6.13. The second-order valence-electron chi connectivity index (χ2n) is 7.91. The average Bonchev–Trinajstić information content (AvgIpc) is 2.82. The number of aryl methyl sites for hydroxylation is 1. The third-order valence-corrected chi connectivity index (χ3v) is 6.79. The van der Waals surface area contributed by atoms with Gasteiger partial charge < -0.3 is 10.0 Å². The number of fused-ring (bicyclic) bond motifs is 1. The van der Waals surface area contributed by atoms with Crippen molar-refractivity contribution in [1.82, 2.24) is 9.88 Å². The fourth-order valence-electron chi connectivity index (χ4n) is 4.70. The Kier molecular flexibility index (Phi) is 6.03. The predicted molar refractivity (Wildman–Crippen MR) is 111 cm³/mol. The van der Waals surface area contributed by atoms with Gasteiger partial charge in [-0.25, -0.2) is 0 Å². The van der Waals surface area contributed by atoms with Crippen molar-refractivity contribution in [3.05, 3.63) is 63.4 Å². The molecule has 1 fully saturated rings. The maximum Gasteiger partial charge on any atom is 0.0965 e. The van der Waals surface area contributed by atoms with Gasteiger partial charge in [-0.15, -0.1) is 0 Å². The molecule has 5 heteroatoms. The lowest BCUT2D eigenvalue weighted by Crippen LogP contribution is -2.37. The first kappa shape index (κ1) is 19.2. The van der Waals surface area contributed by atoms with Crippen LogP contribution in [0.5, 0.6) is 0 Å². The molecule has 1 N–H and O–H groups in total. The normalized spacial score (nSPS) is 24.4. The summed E-state index contributed by atoms with van der Waals surface area (Å²) < 4.78 is 0. The molecule has 1 saturated heterocycles. The quantitative estimate of drug-likeness (QED) is 0.709. The van der Waals surface area contributed by atoms with Gasteiger partial charge in [0.25, 0.3) is 0 Å². The molecule has 144 valence electrons. The van der Waals surface area contributed by atoms with Gasteiger partial charge >= 0.3 is 0 Å². The van der Waals surface area contributed by atoms with Crippen LogP contribution in [-0.2, 0) is 6.42 Å². The standard InChI is InChI=1S/C22H26Cl2N2O/c23-18-4-1-5-19(24)21(18)16-8-11-26(12-9-16)14-15-6-7-17-3-2-10-25-22(17)20(27)13-15/h1-5,10,15-16,20,27H,6-9,11-14H2/t15-,20+/m1/s1. The van der Waals surface area contributed by atoms with Crippen LogP contribution in [0.25, 0.3) is 0 Å². The Balaban J connectivity index is 1.35. The van der Waals surface area contributed by atoms with Crippen molar-refractivity contribution in [2.75, 3.05) is 19.6 Å². The SMILES string of the molecule is O[C@H]1C[C@H](CN2CCC(c3c(Cl)cccc3Cl)CC2)CCc2cccnc21. The summed E-state index contributed by atoms with van der Waals surface area (Å²) in [7, 11) is 0.